The molecule has 1 fully saturated rings. The van der Waals surface area contributed by atoms with Crippen LogP contribution in [-0.2, 0) is 32.8 Å². The normalized spacial score (nSPS) is 30.0. The van der Waals surface area contributed by atoms with Crippen LogP contribution in [0.3, 0.4) is 0 Å². The van der Waals surface area contributed by atoms with Gasteiger partial charge in [0, 0.05) is 20.2 Å². The first kappa shape index (κ1) is 25.4. The molecule has 0 bridgehead atoms. The maximum absolute atomic E-state index is 12.1. The number of aliphatic hydroxyl groups is 3. The van der Waals surface area contributed by atoms with Crippen molar-refractivity contribution in [2.24, 2.45) is 0 Å². The van der Waals surface area contributed by atoms with E-state index in [-0.39, 0.29) is 19.6 Å². The van der Waals surface area contributed by atoms with E-state index < -0.39 is 50.8 Å². The Morgan fingerprint density at radius 1 is 1.11 bits per heavy atom. The topological polar surface area (TPSA) is 173 Å². The van der Waals surface area contributed by atoms with Gasteiger partial charge in [-0.1, -0.05) is 0 Å². The van der Waals surface area contributed by atoms with Crippen LogP contribution in [0.25, 0.3) is 0 Å². The Hall–Kier alpha value is -0.660. The molecule has 166 valence electrons. The van der Waals surface area contributed by atoms with Gasteiger partial charge in [0.05, 0.1) is 39.6 Å². The quantitative estimate of drug-likeness (QED) is 0.158. The van der Waals surface area contributed by atoms with E-state index in [0.717, 1.165) is 6.66 Å². The molecule has 0 aromatic rings. The molecule has 0 spiro atoms. The van der Waals surface area contributed by atoms with Gasteiger partial charge in [-0.05, 0) is 0 Å². The molecule has 1 rings (SSSR count). The largest absolute Gasteiger partial charge is 0.394 e. The van der Waals surface area contributed by atoms with Gasteiger partial charge >= 0.3 is 7.60 Å². The summed E-state index contributed by atoms with van der Waals surface area (Å²) in [5, 5.41) is 31.7. The van der Waals surface area contributed by atoms with E-state index in [0.29, 0.717) is 19.8 Å². The maximum Gasteiger partial charge on any atom is 0.327 e. The van der Waals surface area contributed by atoms with E-state index in [1.807, 2.05) is 0 Å². The van der Waals surface area contributed by atoms with Crippen molar-refractivity contribution in [3.05, 3.63) is 0 Å². The Morgan fingerprint density at radius 2 is 1.71 bits per heavy atom. The number of methoxy groups -OCH3 is 1. The fraction of sp³-hybridized carbons (Fsp3) is 0.933. The van der Waals surface area contributed by atoms with Gasteiger partial charge in [0.2, 0.25) is 5.91 Å². The van der Waals surface area contributed by atoms with Crippen molar-refractivity contribution in [2.75, 3.05) is 53.4 Å². The average Bonchev–Trinajstić information content (AvgIpc) is 2.62. The number of hydrogen-bond donors (Lipinski definition) is 5. The molecule has 6 atom stereocenters. The zero-order valence-electron chi connectivity index (χ0n) is 15.9. The lowest BCUT2D eigenvalue weighted by molar-refractivity contribution is -0.245. The Labute approximate surface area is 163 Å². The van der Waals surface area contributed by atoms with E-state index in [2.05, 4.69) is 5.32 Å². The molecule has 1 amide bonds. The molecule has 1 aliphatic heterocycles. The molecule has 5 N–H and O–H groups in total. The van der Waals surface area contributed by atoms with E-state index in [1.54, 1.807) is 7.11 Å². The molecule has 1 saturated heterocycles. The molecule has 1 heterocycles. The highest BCUT2D eigenvalue weighted by Gasteiger charge is 2.47. The Bertz CT molecular complexity index is 502. The highest BCUT2D eigenvalue weighted by atomic mass is 31.2. The second-order valence-corrected chi connectivity index (χ2v) is 7.99. The van der Waals surface area contributed by atoms with Crippen LogP contribution in [0.4, 0.5) is 0 Å². The molecule has 12 nitrogen and oxygen atoms in total. The van der Waals surface area contributed by atoms with Crippen LogP contribution >= 0.6 is 7.60 Å². The van der Waals surface area contributed by atoms with E-state index in [1.165, 1.54) is 0 Å². The van der Waals surface area contributed by atoms with Crippen LogP contribution in [0.1, 0.15) is 6.42 Å². The van der Waals surface area contributed by atoms with Gasteiger partial charge in [0.1, 0.15) is 24.4 Å². The van der Waals surface area contributed by atoms with Crippen molar-refractivity contribution < 1.29 is 53.0 Å². The summed E-state index contributed by atoms with van der Waals surface area (Å²) in [7, 11) is -2.48. The second-order valence-electron chi connectivity index (χ2n) is 6.18. The van der Waals surface area contributed by atoms with E-state index in [4.69, 9.17) is 23.5 Å². The summed E-state index contributed by atoms with van der Waals surface area (Å²) in [6.45, 7) is 1.85. The number of aliphatic hydroxyl groups excluding tert-OH is 3. The zero-order chi connectivity index (χ0) is 21.2. The van der Waals surface area contributed by atoms with Crippen LogP contribution in [0.5, 0.6) is 0 Å². The molecule has 0 saturated carbocycles. The number of hydrogen-bond acceptors (Lipinski definition) is 10. The smallest absolute Gasteiger partial charge is 0.327 e. The fourth-order valence-corrected chi connectivity index (χ4v) is 2.97. The fourth-order valence-electron chi connectivity index (χ4n) is 2.41. The van der Waals surface area contributed by atoms with Crippen LogP contribution in [0.15, 0.2) is 0 Å². The van der Waals surface area contributed by atoms with Crippen LogP contribution in [0, 0.1) is 0 Å². The third-order valence-electron chi connectivity index (χ3n) is 3.79. The minimum atomic E-state index is -4.04. The Morgan fingerprint density at radius 3 is 2.29 bits per heavy atom. The summed E-state index contributed by atoms with van der Waals surface area (Å²) in [4.78, 5) is 21.5. The van der Waals surface area contributed by atoms with Crippen molar-refractivity contribution >= 4 is 13.5 Å². The van der Waals surface area contributed by atoms with Crippen molar-refractivity contribution in [2.45, 2.75) is 37.1 Å². The molecule has 28 heavy (non-hydrogen) atoms. The Kier molecular flexibility index (Phi) is 11.6. The number of carbonyl (C=O) groups is 1. The third kappa shape index (κ3) is 9.23. The molecule has 0 radical (unpaired) electrons. The van der Waals surface area contributed by atoms with Crippen molar-refractivity contribution in [3.8, 4) is 0 Å². The van der Waals surface area contributed by atoms with Crippen LogP contribution in [0.2, 0.25) is 0 Å². The first-order chi connectivity index (χ1) is 13.2. The summed E-state index contributed by atoms with van der Waals surface area (Å²) in [5.74, 6) is -0.555. The molecule has 0 aromatic carbocycles. The monoisotopic (exact) mass is 431 g/mol. The standard InChI is InChI=1S/C15H30NO11P/c1-23-5-6-25-8-7-24-4-3-11(18)16-12-14(20)13(19)10(9-17)26-15(12)27-28(2,21)22/h10,12-15,17,19-20H,3-9H2,1-2H3,(H,16,18)(H,21,22)/t10?,12?,13-,14+,15-/m0/s1. The summed E-state index contributed by atoms with van der Waals surface area (Å²) < 4.78 is 36.9. The van der Waals surface area contributed by atoms with Gasteiger partial charge in [-0.25, -0.2) is 0 Å². The van der Waals surface area contributed by atoms with Gasteiger partial charge < -0.3 is 44.5 Å². The zero-order valence-corrected chi connectivity index (χ0v) is 16.8. The highest BCUT2D eigenvalue weighted by Crippen LogP contribution is 2.41. The van der Waals surface area contributed by atoms with Gasteiger partial charge in [0.25, 0.3) is 0 Å². The number of ether oxygens (including phenoxy) is 4. The van der Waals surface area contributed by atoms with Crippen LogP contribution < -0.4 is 5.32 Å². The third-order valence-corrected chi connectivity index (χ3v) is 4.38. The number of amides is 1. The number of rotatable bonds is 13. The lowest BCUT2D eigenvalue weighted by atomic mass is 9.97. The first-order valence-corrected chi connectivity index (χ1v) is 10.8. The SMILES string of the molecule is COCCOCCOCCC(=O)NC1[C@H](OP(C)(=O)O)OC(CO)[C@H](O)[C@@H]1O. The lowest BCUT2D eigenvalue weighted by Crippen LogP contribution is -2.64. The minimum absolute atomic E-state index is 0.0722. The van der Waals surface area contributed by atoms with Gasteiger partial charge in [-0.3, -0.25) is 13.9 Å². The van der Waals surface area contributed by atoms with Crippen LogP contribution in [-0.4, -0.2) is 110 Å². The molecular weight excluding hydrogens is 401 g/mol. The lowest BCUT2D eigenvalue weighted by Gasteiger charge is -2.42. The average molecular weight is 431 g/mol. The summed E-state index contributed by atoms with van der Waals surface area (Å²) in [6.07, 6.45) is -5.94. The maximum atomic E-state index is 12.1. The second kappa shape index (κ2) is 12.8. The van der Waals surface area contributed by atoms with E-state index in [9.17, 15) is 29.6 Å². The van der Waals surface area contributed by atoms with Gasteiger partial charge in [-0.15, -0.1) is 0 Å². The summed E-state index contributed by atoms with van der Waals surface area (Å²) in [5.41, 5.74) is 0. The predicted octanol–water partition coefficient (Wildman–Crippen LogP) is -2.19. The van der Waals surface area contributed by atoms with Crippen molar-refractivity contribution in [1.82, 2.24) is 5.32 Å². The van der Waals surface area contributed by atoms with Gasteiger partial charge in [0.15, 0.2) is 6.29 Å². The van der Waals surface area contributed by atoms with Crippen molar-refractivity contribution in [1.29, 1.82) is 0 Å². The summed E-state index contributed by atoms with van der Waals surface area (Å²) >= 11 is 0. The number of nitrogens with one attached hydrogen (secondary N) is 1. The Balaban J connectivity index is 2.48. The van der Waals surface area contributed by atoms with Crippen molar-refractivity contribution in [3.63, 3.8) is 0 Å². The molecule has 1 aliphatic rings. The molecule has 0 aromatic heterocycles. The van der Waals surface area contributed by atoms with Gasteiger partial charge in [-0.2, -0.15) is 0 Å². The molecule has 0 aliphatic carbocycles. The molecule has 13 heteroatoms. The first-order valence-electron chi connectivity index (χ1n) is 8.74. The highest BCUT2D eigenvalue weighted by molar-refractivity contribution is 7.51. The number of carbonyl (C=O) groups excluding carboxylic acids is 1. The molecule has 3 unspecified atom stereocenters. The molecular formula is C15H30NO11P. The van der Waals surface area contributed by atoms with E-state index >= 15 is 0 Å². The summed E-state index contributed by atoms with van der Waals surface area (Å²) in [6, 6.07) is -1.32. The predicted molar refractivity (Wildman–Crippen MR) is 94.7 cm³/mol. The minimum Gasteiger partial charge on any atom is -0.394 e.